The fourth-order valence-corrected chi connectivity index (χ4v) is 2.79. The number of ether oxygens (including phenoxy) is 1. The Bertz CT molecular complexity index is 909. The SMILES string of the molecule is COC(=O)c1c(N)c(C#N)cn1-c1cccc(CS(N)(=O)=O)c1. The van der Waals surface area contributed by atoms with Crippen molar-refractivity contribution in [3.8, 4) is 11.8 Å². The molecule has 1 aromatic carbocycles. The number of esters is 1. The minimum atomic E-state index is -3.69. The first-order valence-electron chi connectivity index (χ1n) is 6.36. The molecule has 0 amide bonds. The van der Waals surface area contributed by atoms with Crippen LogP contribution in [-0.4, -0.2) is 26.1 Å². The van der Waals surface area contributed by atoms with Gasteiger partial charge in [-0.15, -0.1) is 0 Å². The molecule has 9 heteroatoms. The molecule has 2 rings (SSSR count). The van der Waals surface area contributed by atoms with Gasteiger partial charge in [-0.05, 0) is 17.7 Å². The Kier molecular flexibility index (Phi) is 4.40. The van der Waals surface area contributed by atoms with Gasteiger partial charge in [0, 0.05) is 11.9 Å². The number of hydrogen-bond donors (Lipinski definition) is 2. The first kappa shape index (κ1) is 16.5. The quantitative estimate of drug-likeness (QED) is 0.780. The van der Waals surface area contributed by atoms with E-state index < -0.39 is 16.0 Å². The Morgan fingerprint density at radius 2 is 2.13 bits per heavy atom. The molecule has 0 aliphatic heterocycles. The van der Waals surface area contributed by atoms with Crippen LogP contribution in [0.1, 0.15) is 21.6 Å². The summed E-state index contributed by atoms with van der Waals surface area (Å²) in [6, 6.07) is 8.26. The zero-order valence-electron chi connectivity index (χ0n) is 12.2. The van der Waals surface area contributed by atoms with Crippen LogP contribution >= 0.6 is 0 Å². The van der Waals surface area contributed by atoms with E-state index in [0.29, 0.717) is 11.3 Å². The largest absolute Gasteiger partial charge is 0.464 e. The Morgan fingerprint density at radius 3 is 2.70 bits per heavy atom. The van der Waals surface area contributed by atoms with Gasteiger partial charge >= 0.3 is 5.97 Å². The minimum Gasteiger partial charge on any atom is -0.464 e. The molecular weight excluding hydrogens is 320 g/mol. The first-order valence-corrected chi connectivity index (χ1v) is 8.07. The molecule has 0 spiro atoms. The molecule has 0 aliphatic carbocycles. The van der Waals surface area contributed by atoms with E-state index in [0.717, 1.165) is 0 Å². The highest BCUT2D eigenvalue weighted by Gasteiger charge is 2.21. The lowest BCUT2D eigenvalue weighted by atomic mass is 10.2. The second-order valence-electron chi connectivity index (χ2n) is 4.76. The molecule has 2 aromatic rings. The van der Waals surface area contributed by atoms with E-state index in [4.69, 9.17) is 16.1 Å². The summed E-state index contributed by atoms with van der Waals surface area (Å²) in [5.74, 6) is -1.06. The minimum absolute atomic E-state index is 0.00296. The zero-order chi connectivity index (χ0) is 17.2. The summed E-state index contributed by atoms with van der Waals surface area (Å²) in [5.41, 5.74) is 6.81. The second kappa shape index (κ2) is 6.12. The lowest BCUT2D eigenvalue weighted by Gasteiger charge is -2.10. The van der Waals surface area contributed by atoms with Crippen molar-refractivity contribution in [2.75, 3.05) is 12.8 Å². The lowest BCUT2D eigenvalue weighted by molar-refractivity contribution is 0.0593. The van der Waals surface area contributed by atoms with Crippen molar-refractivity contribution in [2.45, 2.75) is 5.75 Å². The highest BCUT2D eigenvalue weighted by atomic mass is 32.2. The molecule has 1 heterocycles. The average Bonchev–Trinajstić information content (AvgIpc) is 2.82. The van der Waals surface area contributed by atoms with Crippen LogP contribution in [0.4, 0.5) is 5.69 Å². The van der Waals surface area contributed by atoms with Crippen molar-refractivity contribution in [1.82, 2.24) is 4.57 Å². The number of carbonyl (C=O) groups excluding carboxylic acids is 1. The van der Waals surface area contributed by atoms with E-state index in [1.165, 1.54) is 23.9 Å². The summed E-state index contributed by atoms with van der Waals surface area (Å²) >= 11 is 0. The second-order valence-corrected chi connectivity index (χ2v) is 6.37. The predicted octanol–water partition coefficient (Wildman–Crippen LogP) is 0.506. The number of nitrogen functional groups attached to an aromatic ring is 1. The van der Waals surface area contributed by atoms with E-state index in [9.17, 15) is 13.2 Å². The molecule has 0 aliphatic rings. The predicted molar refractivity (Wildman–Crippen MR) is 83.0 cm³/mol. The van der Waals surface area contributed by atoms with Gasteiger partial charge in [0.2, 0.25) is 10.0 Å². The van der Waals surface area contributed by atoms with Crippen molar-refractivity contribution in [3.63, 3.8) is 0 Å². The number of carbonyl (C=O) groups is 1. The molecule has 0 saturated carbocycles. The van der Waals surface area contributed by atoms with Crippen LogP contribution in [0, 0.1) is 11.3 Å². The van der Waals surface area contributed by atoms with Crippen molar-refractivity contribution in [1.29, 1.82) is 5.26 Å². The molecule has 0 fully saturated rings. The van der Waals surface area contributed by atoms with Gasteiger partial charge in [-0.25, -0.2) is 18.4 Å². The Hall–Kier alpha value is -2.83. The standard InChI is InChI=1S/C14H14N4O4S/c1-22-14(19)13-12(16)10(6-15)7-18(13)11-4-2-3-9(5-11)8-23(17,20)21/h2-5,7H,8,16H2,1H3,(H2,17,20,21). The van der Waals surface area contributed by atoms with Crippen LogP contribution in [0.2, 0.25) is 0 Å². The number of benzene rings is 1. The van der Waals surface area contributed by atoms with Crippen LogP contribution in [-0.2, 0) is 20.5 Å². The van der Waals surface area contributed by atoms with Gasteiger partial charge in [0.25, 0.3) is 0 Å². The zero-order valence-corrected chi connectivity index (χ0v) is 13.0. The highest BCUT2D eigenvalue weighted by molar-refractivity contribution is 7.88. The van der Waals surface area contributed by atoms with Crippen molar-refractivity contribution in [2.24, 2.45) is 5.14 Å². The number of aromatic nitrogens is 1. The average molecular weight is 334 g/mol. The van der Waals surface area contributed by atoms with Crippen molar-refractivity contribution >= 4 is 21.7 Å². The molecule has 0 unspecified atom stereocenters. The van der Waals surface area contributed by atoms with Crippen LogP contribution in [0.3, 0.4) is 0 Å². The normalized spacial score (nSPS) is 11.0. The number of methoxy groups -OCH3 is 1. The fraction of sp³-hybridized carbons (Fsp3) is 0.143. The maximum absolute atomic E-state index is 11.9. The van der Waals surface area contributed by atoms with E-state index in [1.54, 1.807) is 18.2 Å². The van der Waals surface area contributed by atoms with Crippen LogP contribution in [0.25, 0.3) is 5.69 Å². The molecule has 0 atom stereocenters. The Balaban J connectivity index is 2.61. The number of anilines is 1. The molecule has 0 radical (unpaired) electrons. The molecule has 4 N–H and O–H groups in total. The summed E-state index contributed by atoms with van der Waals surface area (Å²) in [4.78, 5) is 11.9. The molecular formula is C14H14N4O4S. The summed E-state index contributed by atoms with van der Waals surface area (Å²) in [5, 5.41) is 14.1. The van der Waals surface area contributed by atoms with Crippen LogP contribution in [0.15, 0.2) is 30.5 Å². The maximum atomic E-state index is 11.9. The first-order chi connectivity index (χ1) is 10.8. The van der Waals surface area contributed by atoms with Crippen molar-refractivity contribution < 1.29 is 17.9 Å². The number of sulfonamides is 1. The number of nitrogens with zero attached hydrogens (tertiary/aromatic N) is 2. The van der Waals surface area contributed by atoms with Crippen LogP contribution in [0.5, 0.6) is 0 Å². The Morgan fingerprint density at radius 1 is 1.43 bits per heavy atom. The van der Waals surface area contributed by atoms with Gasteiger partial charge in [0.05, 0.1) is 24.1 Å². The molecule has 1 aromatic heterocycles. The van der Waals surface area contributed by atoms with Gasteiger partial charge in [-0.1, -0.05) is 12.1 Å². The number of nitrogens with two attached hydrogens (primary N) is 2. The van der Waals surface area contributed by atoms with E-state index in [-0.39, 0.29) is 22.7 Å². The van der Waals surface area contributed by atoms with Gasteiger partial charge in [0.15, 0.2) is 5.69 Å². The summed E-state index contributed by atoms with van der Waals surface area (Å²) < 4.78 is 28.5. The molecule has 23 heavy (non-hydrogen) atoms. The van der Waals surface area contributed by atoms with E-state index in [1.807, 2.05) is 6.07 Å². The number of hydrogen-bond acceptors (Lipinski definition) is 6. The fourth-order valence-electron chi connectivity index (χ4n) is 2.15. The monoisotopic (exact) mass is 334 g/mol. The van der Waals surface area contributed by atoms with Gasteiger partial charge in [-0.3, -0.25) is 0 Å². The number of nitriles is 1. The molecule has 0 bridgehead atoms. The lowest BCUT2D eigenvalue weighted by Crippen LogP contribution is -2.15. The van der Waals surface area contributed by atoms with Gasteiger partial charge in [-0.2, -0.15) is 5.26 Å². The smallest absolute Gasteiger partial charge is 0.357 e. The third kappa shape index (κ3) is 3.50. The number of rotatable bonds is 4. The summed E-state index contributed by atoms with van der Waals surface area (Å²) in [6.45, 7) is 0. The van der Waals surface area contributed by atoms with Crippen LogP contribution < -0.4 is 10.9 Å². The van der Waals surface area contributed by atoms with E-state index >= 15 is 0 Å². The Labute approximate surface area is 132 Å². The maximum Gasteiger partial charge on any atom is 0.357 e. The summed E-state index contributed by atoms with van der Waals surface area (Å²) in [7, 11) is -2.50. The van der Waals surface area contributed by atoms with Crippen molar-refractivity contribution in [3.05, 3.63) is 47.3 Å². The molecule has 8 nitrogen and oxygen atoms in total. The van der Waals surface area contributed by atoms with Gasteiger partial charge < -0.3 is 15.0 Å². The number of primary sulfonamides is 1. The van der Waals surface area contributed by atoms with E-state index in [2.05, 4.69) is 4.74 Å². The third-order valence-electron chi connectivity index (χ3n) is 3.10. The molecule has 0 saturated heterocycles. The van der Waals surface area contributed by atoms with Gasteiger partial charge in [0.1, 0.15) is 6.07 Å². The molecule has 120 valence electrons. The highest BCUT2D eigenvalue weighted by Crippen LogP contribution is 2.25. The third-order valence-corrected chi connectivity index (χ3v) is 3.84. The summed E-state index contributed by atoms with van der Waals surface area (Å²) in [6.07, 6.45) is 1.39. The topological polar surface area (TPSA) is 141 Å².